The Labute approximate surface area is 137 Å². The van der Waals surface area contributed by atoms with Crippen LogP contribution in [0.15, 0.2) is 41.7 Å². The summed E-state index contributed by atoms with van der Waals surface area (Å²) in [6.45, 7) is 5.83. The second kappa shape index (κ2) is 7.44. The van der Waals surface area contributed by atoms with Gasteiger partial charge in [0, 0.05) is 5.92 Å². The highest BCUT2D eigenvalue weighted by Crippen LogP contribution is 2.28. The lowest BCUT2D eigenvalue weighted by Crippen LogP contribution is -2.20. The molecule has 0 fully saturated rings. The van der Waals surface area contributed by atoms with Crippen LogP contribution in [-0.4, -0.2) is 23.0 Å². The van der Waals surface area contributed by atoms with E-state index >= 15 is 0 Å². The molecule has 4 nitrogen and oxygen atoms in total. The number of cyclic esters (lactones) is 1. The lowest BCUT2D eigenvalue weighted by molar-refractivity contribution is -0.141. The van der Waals surface area contributed by atoms with Gasteiger partial charge in [-0.2, -0.15) is 0 Å². The molecule has 1 aliphatic heterocycles. The number of Topliss-reactive ketones (excluding diaryl/α,β-unsaturated/α-hetero) is 1. The topological polar surface area (TPSA) is 63.6 Å². The van der Waals surface area contributed by atoms with Gasteiger partial charge in [0.05, 0.1) is 0 Å². The molecule has 1 heterocycles. The van der Waals surface area contributed by atoms with Crippen LogP contribution in [0.25, 0.3) is 0 Å². The first-order chi connectivity index (χ1) is 10.9. The molecule has 1 aromatic carbocycles. The molecule has 2 atom stereocenters. The van der Waals surface area contributed by atoms with Gasteiger partial charge in [0.15, 0.2) is 17.6 Å². The van der Waals surface area contributed by atoms with E-state index in [1.165, 1.54) is 0 Å². The van der Waals surface area contributed by atoms with E-state index in [0.717, 1.165) is 5.56 Å². The molecule has 0 bridgehead atoms. The Hall–Kier alpha value is -2.10. The fraction of sp³-hybridized carbons (Fsp3) is 0.474. The fourth-order valence-corrected chi connectivity index (χ4v) is 2.93. The van der Waals surface area contributed by atoms with Crippen LogP contribution in [0.4, 0.5) is 0 Å². The predicted octanol–water partition coefficient (Wildman–Crippen LogP) is 3.61. The van der Waals surface area contributed by atoms with Crippen LogP contribution >= 0.6 is 0 Å². The van der Waals surface area contributed by atoms with Gasteiger partial charge in [0.1, 0.15) is 5.57 Å². The third kappa shape index (κ3) is 4.21. The molecule has 124 valence electrons. The molecule has 0 aromatic heterocycles. The first-order valence-electron chi connectivity index (χ1n) is 8.12. The number of ketones is 1. The van der Waals surface area contributed by atoms with Crippen LogP contribution in [0.1, 0.15) is 39.2 Å². The maximum atomic E-state index is 12.4. The van der Waals surface area contributed by atoms with Gasteiger partial charge in [-0.3, -0.25) is 4.79 Å². The number of hydrogen-bond donors (Lipinski definition) is 1. The van der Waals surface area contributed by atoms with E-state index in [9.17, 15) is 14.7 Å². The normalized spacial score (nSPS) is 19.1. The molecule has 0 amide bonds. The van der Waals surface area contributed by atoms with Gasteiger partial charge in [-0.1, -0.05) is 51.1 Å². The number of carbonyl (C=O) groups excluding carboxylic acids is 2. The average molecular weight is 316 g/mol. The predicted molar refractivity (Wildman–Crippen MR) is 87.9 cm³/mol. The van der Waals surface area contributed by atoms with Crippen molar-refractivity contribution in [2.24, 2.45) is 11.8 Å². The van der Waals surface area contributed by atoms with Gasteiger partial charge in [-0.05, 0) is 30.7 Å². The molecule has 4 heteroatoms. The van der Waals surface area contributed by atoms with Crippen molar-refractivity contribution in [2.75, 3.05) is 0 Å². The SMILES string of the molecule is CC(C)C[C@@H](C)C(=O)C1=C(O)[C@H](CCc2ccccc2)OC1=O. The first kappa shape index (κ1) is 17.3. The standard InChI is InChI=1S/C19H24O4/c1-12(2)11-13(3)17(20)16-18(21)15(23-19(16)22)10-9-14-7-5-4-6-8-14/h4-8,12-13,15,21H,9-11H2,1-3H3/t13-,15+/m1/s1. The number of ether oxygens (including phenoxy) is 1. The monoisotopic (exact) mass is 316 g/mol. The third-order valence-electron chi connectivity index (χ3n) is 4.07. The van der Waals surface area contributed by atoms with E-state index in [2.05, 4.69) is 0 Å². The average Bonchev–Trinajstić information content (AvgIpc) is 2.79. The minimum atomic E-state index is -0.715. The zero-order valence-corrected chi connectivity index (χ0v) is 13.9. The van der Waals surface area contributed by atoms with Crippen molar-refractivity contribution in [3.8, 4) is 0 Å². The van der Waals surface area contributed by atoms with Crippen LogP contribution in [0.2, 0.25) is 0 Å². The van der Waals surface area contributed by atoms with Gasteiger partial charge in [0.2, 0.25) is 0 Å². The number of aryl methyl sites for hydroxylation is 1. The summed E-state index contributed by atoms with van der Waals surface area (Å²) in [5, 5.41) is 10.3. The molecule has 0 unspecified atom stereocenters. The zero-order valence-electron chi connectivity index (χ0n) is 13.9. The van der Waals surface area contributed by atoms with Crippen molar-refractivity contribution >= 4 is 11.8 Å². The van der Waals surface area contributed by atoms with Gasteiger partial charge < -0.3 is 9.84 Å². The second-order valence-electron chi connectivity index (χ2n) is 6.57. The lowest BCUT2D eigenvalue weighted by atomic mass is 9.90. The highest BCUT2D eigenvalue weighted by Gasteiger charge is 2.39. The fourth-order valence-electron chi connectivity index (χ4n) is 2.93. The largest absolute Gasteiger partial charge is 0.507 e. The van der Waals surface area contributed by atoms with Crippen LogP contribution in [0.5, 0.6) is 0 Å². The number of hydrogen-bond acceptors (Lipinski definition) is 4. The smallest absolute Gasteiger partial charge is 0.346 e. The lowest BCUT2D eigenvalue weighted by Gasteiger charge is -2.12. The Kier molecular flexibility index (Phi) is 5.59. The number of esters is 1. The zero-order chi connectivity index (χ0) is 17.0. The van der Waals surface area contributed by atoms with E-state index in [1.807, 2.05) is 44.2 Å². The number of benzene rings is 1. The Bertz CT molecular complexity index is 601. The molecule has 2 rings (SSSR count). The van der Waals surface area contributed by atoms with Crippen molar-refractivity contribution < 1.29 is 19.4 Å². The van der Waals surface area contributed by atoms with Gasteiger partial charge in [-0.25, -0.2) is 4.79 Å². The Morgan fingerprint density at radius 3 is 2.48 bits per heavy atom. The van der Waals surface area contributed by atoms with Crippen LogP contribution in [-0.2, 0) is 20.7 Å². The highest BCUT2D eigenvalue weighted by atomic mass is 16.6. The van der Waals surface area contributed by atoms with Crippen molar-refractivity contribution in [1.29, 1.82) is 0 Å². The van der Waals surface area contributed by atoms with Crippen LogP contribution < -0.4 is 0 Å². The van der Waals surface area contributed by atoms with Crippen molar-refractivity contribution in [1.82, 2.24) is 0 Å². The molecule has 0 radical (unpaired) electrons. The molecule has 0 spiro atoms. The van der Waals surface area contributed by atoms with E-state index in [4.69, 9.17) is 4.74 Å². The molecule has 0 aliphatic carbocycles. The number of aliphatic hydroxyl groups is 1. The van der Waals surface area contributed by atoms with E-state index < -0.39 is 12.1 Å². The molecule has 1 aromatic rings. The van der Waals surface area contributed by atoms with E-state index in [0.29, 0.717) is 25.2 Å². The highest BCUT2D eigenvalue weighted by molar-refractivity contribution is 6.19. The molecular formula is C19H24O4. The van der Waals surface area contributed by atoms with Crippen LogP contribution in [0, 0.1) is 11.8 Å². The summed E-state index contributed by atoms with van der Waals surface area (Å²) in [4.78, 5) is 24.4. The second-order valence-corrected chi connectivity index (χ2v) is 6.57. The minimum absolute atomic E-state index is 0.156. The third-order valence-corrected chi connectivity index (χ3v) is 4.07. The number of rotatable bonds is 7. The summed E-state index contributed by atoms with van der Waals surface area (Å²) in [5.41, 5.74) is 0.945. The molecule has 1 N–H and O–H groups in total. The molecular weight excluding hydrogens is 292 g/mol. The van der Waals surface area contributed by atoms with Crippen LogP contribution in [0.3, 0.4) is 0 Å². The first-order valence-corrected chi connectivity index (χ1v) is 8.12. The van der Waals surface area contributed by atoms with Gasteiger partial charge >= 0.3 is 5.97 Å². The van der Waals surface area contributed by atoms with Crippen molar-refractivity contribution in [2.45, 2.75) is 46.1 Å². The van der Waals surface area contributed by atoms with Gasteiger partial charge in [-0.15, -0.1) is 0 Å². The van der Waals surface area contributed by atoms with E-state index in [1.54, 1.807) is 6.92 Å². The quantitative estimate of drug-likeness (QED) is 0.616. The summed E-state index contributed by atoms with van der Waals surface area (Å²) >= 11 is 0. The summed E-state index contributed by atoms with van der Waals surface area (Å²) in [6.07, 6.45) is 1.10. The maximum Gasteiger partial charge on any atom is 0.346 e. The number of carbonyl (C=O) groups is 2. The summed E-state index contributed by atoms with van der Waals surface area (Å²) in [5.74, 6) is -1.16. The Morgan fingerprint density at radius 2 is 1.87 bits per heavy atom. The molecule has 23 heavy (non-hydrogen) atoms. The Morgan fingerprint density at radius 1 is 1.22 bits per heavy atom. The molecule has 1 aliphatic rings. The van der Waals surface area contributed by atoms with Crippen molar-refractivity contribution in [3.05, 3.63) is 47.2 Å². The number of aliphatic hydroxyl groups excluding tert-OH is 1. The maximum absolute atomic E-state index is 12.4. The van der Waals surface area contributed by atoms with Gasteiger partial charge in [0.25, 0.3) is 0 Å². The summed E-state index contributed by atoms with van der Waals surface area (Å²) in [7, 11) is 0. The molecule has 0 saturated heterocycles. The summed E-state index contributed by atoms with van der Waals surface area (Å²) < 4.78 is 5.20. The Balaban J connectivity index is 2.06. The van der Waals surface area contributed by atoms with Crippen molar-refractivity contribution in [3.63, 3.8) is 0 Å². The molecule has 0 saturated carbocycles. The van der Waals surface area contributed by atoms with E-state index in [-0.39, 0.29) is 23.0 Å². The summed E-state index contributed by atoms with van der Waals surface area (Å²) in [6, 6.07) is 9.77. The minimum Gasteiger partial charge on any atom is -0.507 e.